The molecular weight excluding hydrogens is 224 g/mol. The van der Waals surface area contributed by atoms with E-state index in [1.807, 2.05) is 0 Å². The monoisotopic (exact) mass is 232 g/mol. The fourth-order valence-corrected chi connectivity index (χ4v) is 1.54. The predicted octanol–water partition coefficient (Wildman–Crippen LogP) is 1.66. The van der Waals surface area contributed by atoms with Crippen molar-refractivity contribution in [3.63, 3.8) is 0 Å². The first-order chi connectivity index (χ1) is 8.11. The van der Waals surface area contributed by atoms with Gasteiger partial charge in [-0.25, -0.2) is 0 Å². The van der Waals surface area contributed by atoms with Crippen LogP contribution in [0, 0.1) is 10.1 Å². The molecule has 2 rings (SSSR count). The number of aromatic nitrogens is 1. The molecule has 0 saturated heterocycles. The van der Waals surface area contributed by atoms with E-state index in [4.69, 9.17) is 0 Å². The first kappa shape index (κ1) is 10.9. The summed E-state index contributed by atoms with van der Waals surface area (Å²) < 4.78 is 0. The molecule has 1 aromatic heterocycles. The van der Waals surface area contributed by atoms with Crippen LogP contribution in [0.25, 0.3) is 11.1 Å². The molecule has 6 heteroatoms. The van der Waals surface area contributed by atoms with E-state index in [1.165, 1.54) is 0 Å². The van der Waals surface area contributed by atoms with Crippen molar-refractivity contribution in [1.82, 2.24) is 4.98 Å². The molecule has 2 aromatic rings. The second kappa shape index (κ2) is 4.09. The molecule has 0 radical (unpaired) electrons. The molecular formula is C11H8N2O4. The average Bonchev–Trinajstić information content (AvgIpc) is 2.33. The number of pyridine rings is 1. The molecule has 6 nitrogen and oxygen atoms in total. The number of hydrogen-bond acceptors (Lipinski definition) is 4. The Balaban J connectivity index is 2.79. The third-order valence-corrected chi connectivity index (χ3v) is 2.31. The van der Waals surface area contributed by atoms with E-state index >= 15 is 0 Å². The van der Waals surface area contributed by atoms with Gasteiger partial charge in [-0.15, -0.1) is 0 Å². The Bertz CT molecular complexity index is 619. The van der Waals surface area contributed by atoms with Crippen LogP contribution >= 0.6 is 0 Å². The number of rotatable bonds is 2. The minimum absolute atomic E-state index is 0.0700. The molecule has 0 saturated carbocycles. The van der Waals surface area contributed by atoms with Crippen molar-refractivity contribution in [2.45, 2.75) is 0 Å². The summed E-state index contributed by atoms with van der Waals surface area (Å²) in [6.07, 6.45) is 0.977. The van der Waals surface area contributed by atoms with Crippen LogP contribution in [0.5, 0.6) is 5.75 Å². The van der Waals surface area contributed by atoms with Gasteiger partial charge in [-0.2, -0.15) is 0 Å². The zero-order valence-electron chi connectivity index (χ0n) is 8.58. The number of aromatic hydroxyl groups is 1. The van der Waals surface area contributed by atoms with Crippen molar-refractivity contribution in [2.75, 3.05) is 0 Å². The third kappa shape index (κ3) is 1.87. The molecule has 2 N–H and O–H groups in total. The maximum Gasteiger partial charge on any atom is 0.297 e. The molecule has 1 aromatic carbocycles. The Labute approximate surface area is 95.3 Å². The van der Waals surface area contributed by atoms with E-state index in [0.717, 1.165) is 6.20 Å². The molecule has 0 unspecified atom stereocenters. The summed E-state index contributed by atoms with van der Waals surface area (Å²) in [5.41, 5.74) is -0.745. The van der Waals surface area contributed by atoms with Crippen LogP contribution in [0.15, 0.2) is 41.3 Å². The van der Waals surface area contributed by atoms with Gasteiger partial charge in [0.1, 0.15) is 5.56 Å². The Kier molecular flexibility index (Phi) is 2.61. The lowest BCUT2D eigenvalue weighted by Gasteiger charge is -2.04. The number of nitro groups is 1. The Morgan fingerprint density at radius 3 is 2.47 bits per heavy atom. The van der Waals surface area contributed by atoms with Gasteiger partial charge in [0.2, 0.25) is 0 Å². The van der Waals surface area contributed by atoms with Crippen molar-refractivity contribution in [1.29, 1.82) is 0 Å². The average molecular weight is 232 g/mol. The molecule has 86 valence electrons. The molecule has 0 aliphatic rings. The Morgan fingerprint density at radius 2 is 1.88 bits per heavy atom. The fourth-order valence-electron chi connectivity index (χ4n) is 1.54. The van der Waals surface area contributed by atoms with E-state index in [-0.39, 0.29) is 11.3 Å². The first-order valence-electron chi connectivity index (χ1n) is 4.75. The van der Waals surface area contributed by atoms with Crippen molar-refractivity contribution in [3.8, 4) is 16.9 Å². The second-order valence-electron chi connectivity index (χ2n) is 3.35. The van der Waals surface area contributed by atoms with Crippen molar-refractivity contribution >= 4 is 5.69 Å². The van der Waals surface area contributed by atoms with Crippen LogP contribution in [0.4, 0.5) is 5.69 Å². The summed E-state index contributed by atoms with van der Waals surface area (Å²) in [6, 6.07) is 8.24. The van der Waals surface area contributed by atoms with Crippen LogP contribution < -0.4 is 5.56 Å². The van der Waals surface area contributed by atoms with E-state index in [0.29, 0.717) is 5.56 Å². The van der Waals surface area contributed by atoms with Gasteiger partial charge in [-0.05, 0) is 5.56 Å². The van der Waals surface area contributed by atoms with Gasteiger partial charge < -0.3 is 10.1 Å². The highest BCUT2D eigenvalue weighted by Gasteiger charge is 2.21. The molecule has 0 aliphatic carbocycles. The predicted molar refractivity (Wildman–Crippen MR) is 60.8 cm³/mol. The van der Waals surface area contributed by atoms with Gasteiger partial charge in [-0.1, -0.05) is 30.3 Å². The van der Waals surface area contributed by atoms with Gasteiger partial charge in [0.05, 0.1) is 11.1 Å². The number of hydrogen-bond donors (Lipinski definition) is 2. The lowest BCUT2D eigenvalue weighted by molar-refractivity contribution is -0.384. The quantitative estimate of drug-likeness (QED) is 0.607. The lowest BCUT2D eigenvalue weighted by atomic mass is 10.0. The second-order valence-corrected chi connectivity index (χ2v) is 3.35. The summed E-state index contributed by atoms with van der Waals surface area (Å²) in [5.74, 6) is -0.648. The van der Waals surface area contributed by atoms with E-state index in [9.17, 15) is 20.0 Å². The van der Waals surface area contributed by atoms with Crippen LogP contribution in [0.1, 0.15) is 0 Å². The zero-order chi connectivity index (χ0) is 12.4. The summed E-state index contributed by atoms with van der Waals surface area (Å²) in [4.78, 5) is 23.5. The number of benzene rings is 1. The largest absolute Gasteiger partial charge is 0.502 e. The molecule has 0 spiro atoms. The highest BCUT2D eigenvalue weighted by Crippen LogP contribution is 2.33. The molecule has 0 fully saturated rings. The van der Waals surface area contributed by atoms with Crippen molar-refractivity contribution in [3.05, 3.63) is 57.0 Å². The number of nitrogens with one attached hydrogen (secondary N) is 1. The highest BCUT2D eigenvalue weighted by atomic mass is 16.6. The topological polar surface area (TPSA) is 96.2 Å². The minimum Gasteiger partial charge on any atom is -0.502 e. The van der Waals surface area contributed by atoms with Gasteiger partial charge >= 0.3 is 0 Å². The first-order valence-corrected chi connectivity index (χ1v) is 4.75. The maximum absolute atomic E-state index is 11.3. The van der Waals surface area contributed by atoms with E-state index in [2.05, 4.69) is 4.98 Å². The third-order valence-electron chi connectivity index (χ3n) is 2.31. The van der Waals surface area contributed by atoms with Crippen LogP contribution in [0.2, 0.25) is 0 Å². The molecule has 17 heavy (non-hydrogen) atoms. The molecule has 0 amide bonds. The Morgan fingerprint density at radius 1 is 1.24 bits per heavy atom. The SMILES string of the molecule is O=c1[nH]cc([N+](=O)[O-])c(-c2ccccc2)c1O. The molecule has 0 atom stereocenters. The van der Waals surface area contributed by atoms with E-state index in [1.54, 1.807) is 30.3 Å². The molecule has 1 heterocycles. The van der Waals surface area contributed by atoms with E-state index < -0.39 is 16.2 Å². The van der Waals surface area contributed by atoms with Crippen molar-refractivity contribution in [2.24, 2.45) is 0 Å². The Hall–Kier alpha value is -2.63. The summed E-state index contributed by atoms with van der Waals surface area (Å²) in [6.45, 7) is 0. The van der Waals surface area contributed by atoms with Gasteiger partial charge in [0, 0.05) is 0 Å². The van der Waals surface area contributed by atoms with Gasteiger partial charge in [-0.3, -0.25) is 14.9 Å². The zero-order valence-corrected chi connectivity index (χ0v) is 8.58. The number of H-pyrrole nitrogens is 1. The summed E-state index contributed by atoms with van der Waals surface area (Å²) in [7, 11) is 0. The van der Waals surface area contributed by atoms with Crippen molar-refractivity contribution < 1.29 is 10.0 Å². The fraction of sp³-hybridized carbons (Fsp3) is 0. The smallest absolute Gasteiger partial charge is 0.297 e. The van der Waals surface area contributed by atoms with Gasteiger partial charge in [0.15, 0.2) is 5.75 Å². The number of nitrogens with zero attached hydrogens (tertiary/aromatic N) is 1. The van der Waals surface area contributed by atoms with Crippen LogP contribution in [-0.4, -0.2) is 15.0 Å². The normalized spacial score (nSPS) is 10.1. The summed E-state index contributed by atoms with van der Waals surface area (Å²) >= 11 is 0. The molecule has 0 bridgehead atoms. The van der Waals surface area contributed by atoms with Crippen LogP contribution in [0.3, 0.4) is 0 Å². The standard InChI is InChI=1S/C11H8N2O4/c14-10-9(7-4-2-1-3-5-7)8(13(16)17)6-12-11(10)15/h1-6,14H,(H,12,15). The molecule has 0 aliphatic heterocycles. The van der Waals surface area contributed by atoms with Gasteiger partial charge in [0.25, 0.3) is 11.2 Å². The van der Waals surface area contributed by atoms with Crippen LogP contribution in [-0.2, 0) is 0 Å². The summed E-state index contributed by atoms with van der Waals surface area (Å²) in [5, 5.41) is 20.5. The highest BCUT2D eigenvalue weighted by molar-refractivity contribution is 5.78. The number of aromatic amines is 1. The minimum atomic E-state index is -0.755. The maximum atomic E-state index is 11.3. The lowest BCUT2D eigenvalue weighted by Crippen LogP contribution is -2.07.